The molecular weight excluding hydrogens is 455 g/mol. The molecule has 0 atom stereocenters. The first-order valence-corrected chi connectivity index (χ1v) is 10.6. The maximum absolute atomic E-state index is 13.6. The predicted octanol–water partition coefficient (Wildman–Crippen LogP) is 2.87. The number of ether oxygens (including phenoxy) is 2. The number of nitrogens with zero attached hydrogens (tertiary/aromatic N) is 1. The molecule has 1 saturated heterocycles. The van der Waals surface area contributed by atoms with Gasteiger partial charge in [0.2, 0.25) is 10.0 Å². The van der Waals surface area contributed by atoms with Crippen molar-refractivity contribution in [1.29, 1.82) is 0 Å². The number of carbonyl (C=O) groups is 1. The molecule has 28 heavy (non-hydrogen) atoms. The predicted molar refractivity (Wildman–Crippen MR) is 105 cm³/mol. The number of methoxy groups -OCH3 is 1. The van der Waals surface area contributed by atoms with Crippen molar-refractivity contribution in [2.75, 3.05) is 38.7 Å². The van der Waals surface area contributed by atoms with Crippen LogP contribution < -0.4 is 10.1 Å². The third-order valence-corrected chi connectivity index (χ3v) is 6.50. The third-order valence-electron chi connectivity index (χ3n) is 4.15. The Morgan fingerprint density at radius 2 is 1.93 bits per heavy atom. The average Bonchev–Trinajstić information content (AvgIpc) is 2.67. The summed E-state index contributed by atoms with van der Waals surface area (Å²) in [5.74, 6) is -0.890. The molecule has 7 nitrogen and oxygen atoms in total. The topological polar surface area (TPSA) is 84.9 Å². The summed E-state index contributed by atoms with van der Waals surface area (Å²) < 4.78 is 51.4. The molecule has 1 aliphatic heterocycles. The second-order valence-electron chi connectivity index (χ2n) is 5.99. The van der Waals surface area contributed by atoms with Crippen LogP contribution in [0, 0.1) is 5.82 Å². The van der Waals surface area contributed by atoms with Crippen LogP contribution in [0.15, 0.2) is 45.8 Å². The zero-order valence-corrected chi connectivity index (χ0v) is 17.3. The maximum atomic E-state index is 13.6. The lowest BCUT2D eigenvalue weighted by Crippen LogP contribution is -2.40. The summed E-state index contributed by atoms with van der Waals surface area (Å²) in [7, 11) is -2.34. The number of nitrogens with one attached hydrogen (secondary N) is 1. The van der Waals surface area contributed by atoms with Gasteiger partial charge < -0.3 is 14.8 Å². The Morgan fingerprint density at radius 3 is 2.57 bits per heavy atom. The standard InChI is InChI=1S/C18H18BrFN2O5S/c1-26-17-3-2-15(28(24,25)22-4-6-27-7-5-22)11-16(17)21-18(23)12-8-13(19)10-14(20)9-12/h2-3,8-11H,4-7H2,1H3,(H,21,23). The van der Waals surface area contributed by atoms with E-state index >= 15 is 0 Å². The SMILES string of the molecule is COc1ccc(S(=O)(=O)N2CCOCC2)cc1NC(=O)c1cc(F)cc(Br)c1. The summed E-state index contributed by atoms with van der Waals surface area (Å²) in [5.41, 5.74) is 0.248. The molecule has 10 heteroatoms. The number of hydrogen-bond donors (Lipinski definition) is 1. The Hall–Kier alpha value is -2.01. The average molecular weight is 473 g/mol. The highest BCUT2D eigenvalue weighted by Crippen LogP contribution is 2.30. The van der Waals surface area contributed by atoms with Gasteiger partial charge in [0.1, 0.15) is 11.6 Å². The second-order valence-corrected chi connectivity index (χ2v) is 8.84. The Kier molecular flexibility index (Phi) is 6.33. The number of hydrogen-bond acceptors (Lipinski definition) is 5. The van der Waals surface area contributed by atoms with Gasteiger partial charge in [-0.2, -0.15) is 4.31 Å². The largest absolute Gasteiger partial charge is 0.495 e. The van der Waals surface area contributed by atoms with Crippen molar-refractivity contribution in [3.63, 3.8) is 0 Å². The number of anilines is 1. The summed E-state index contributed by atoms with van der Waals surface area (Å²) in [5, 5.41) is 2.59. The molecule has 0 saturated carbocycles. The first-order valence-electron chi connectivity index (χ1n) is 8.34. The van der Waals surface area contributed by atoms with Gasteiger partial charge in [0.25, 0.3) is 5.91 Å². The molecule has 1 heterocycles. The summed E-state index contributed by atoms with van der Waals surface area (Å²) in [6.07, 6.45) is 0. The molecule has 0 spiro atoms. The van der Waals surface area contributed by atoms with Crippen molar-refractivity contribution in [3.8, 4) is 5.75 Å². The molecule has 0 aromatic heterocycles. The Bertz CT molecular complexity index is 973. The van der Waals surface area contributed by atoms with Gasteiger partial charge in [0.15, 0.2) is 0 Å². The van der Waals surface area contributed by atoms with E-state index in [1.165, 1.54) is 41.7 Å². The summed E-state index contributed by atoms with van der Waals surface area (Å²) >= 11 is 3.14. The molecule has 0 aliphatic carbocycles. The minimum atomic E-state index is -3.74. The van der Waals surface area contributed by atoms with E-state index in [4.69, 9.17) is 9.47 Å². The molecule has 2 aromatic carbocycles. The van der Waals surface area contributed by atoms with E-state index in [1.54, 1.807) is 0 Å². The number of amides is 1. The van der Waals surface area contributed by atoms with Crippen LogP contribution in [0.25, 0.3) is 0 Å². The second kappa shape index (κ2) is 8.56. The number of sulfonamides is 1. The van der Waals surface area contributed by atoms with Crippen molar-refractivity contribution in [2.45, 2.75) is 4.90 Å². The van der Waals surface area contributed by atoms with E-state index in [2.05, 4.69) is 21.2 Å². The highest BCUT2D eigenvalue weighted by molar-refractivity contribution is 9.10. The van der Waals surface area contributed by atoms with Crippen LogP contribution in [-0.4, -0.2) is 52.0 Å². The molecule has 1 N–H and O–H groups in total. The molecule has 0 unspecified atom stereocenters. The van der Waals surface area contributed by atoms with Crippen molar-refractivity contribution in [1.82, 2.24) is 4.31 Å². The van der Waals surface area contributed by atoms with E-state index in [0.717, 1.165) is 6.07 Å². The number of rotatable bonds is 5. The fraction of sp³-hybridized carbons (Fsp3) is 0.278. The van der Waals surface area contributed by atoms with Gasteiger partial charge in [0, 0.05) is 23.1 Å². The third kappa shape index (κ3) is 4.52. The number of morpholine rings is 1. The van der Waals surface area contributed by atoms with Gasteiger partial charge in [-0.25, -0.2) is 12.8 Å². The van der Waals surface area contributed by atoms with Crippen LogP contribution in [-0.2, 0) is 14.8 Å². The number of halogens is 2. The zero-order chi connectivity index (χ0) is 20.3. The van der Waals surface area contributed by atoms with Gasteiger partial charge in [-0.3, -0.25) is 4.79 Å². The van der Waals surface area contributed by atoms with Crippen LogP contribution in [0.5, 0.6) is 5.75 Å². The Labute approximate surface area is 170 Å². The fourth-order valence-electron chi connectivity index (χ4n) is 2.76. The molecule has 2 aromatic rings. The minimum absolute atomic E-state index is 0.0194. The van der Waals surface area contributed by atoms with Crippen LogP contribution in [0.2, 0.25) is 0 Å². The lowest BCUT2D eigenvalue weighted by molar-refractivity contribution is 0.0730. The molecule has 1 fully saturated rings. The number of carbonyl (C=O) groups excluding carboxylic acids is 1. The summed E-state index contributed by atoms with van der Waals surface area (Å²) in [6.45, 7) is 1.17. The first kappa shape index (κ1) is 20.7. The van der Waals surface area contributed by atoms with Crippen LogP contribution in [0.1, 0.15) is 10.4 Å². The molecular formula is C18H18BrFN2O5S. The van der Waals surface area contributed by atoms with Crippen LogP contribution in [0.4, 0.5) is 10.1 Å². The molecule has 1 aliphatic rings. The van der Waals surface area contributed by atoms with Gasteiger partial charge in [-0.05, 0) is 36.4 Å². The van der Waals surface area contributed by atoms with Gasteiger partial charge in [-0.1, -0.05) is 15.9 Å². The maximum Gasteiger partial charge on any atom is 0.255 e. The quantitative estimate of drug-likeness (QED) is 0.722. The minimum Gasteiger partial charge on any atom is -0.495 e. The Morgan fingerprint density at radius 1 is 1.21 bits per heavy atom. The molecule has 150 valence electrons. The van der Waals surface area contributed by atoms with E-state index < -0.39 is 21.7 Å². The van der Waals surface area contributed by atoms with Crippen molar-refractivity contribution in [3.05, 3.63) is 52.3 Å². The van der Waals surface area contributed by atoms with Gasteiger partial charge >= 0.3 is 0 Å². The molecule has 0 radical (unpaired) electrons. The molecule has 1 amide bonds. The van der Waals surface area contributed by atoms with E-state index in [9.17, 15) is 17.6 Å². The van der Waals surface area contributed by atoms with Gasteiger partial charge in [0.05, 0.1) is 30.9 Å². The van der Waals surface area contributed by atoms with Gasteiger partial charge in [-0.15, -0.1) is 0 Å². The summed E-state index contributed by atoms with van der Waals surface area (Å²) in [6, 6.07) is 7.98. The van der Waals surface area contributed by atoms with Crippen molar-refractivity contribution >= 4 is 37.5 Å². The zero-order valence-electron chi connectivity index (χ0n) is 14.9. The van der Waals surface area contributed by atoms with Crippen LogP contribution in [0.3, 0.4) is 0 Å². The lowest BCUT2D eigenvalue weighted by atomic mass is 10.2. The number of benzene rings is 2. The van der Waals surface area contributed by atoms with Crippen molar-refractivity contribution in [2.24, 2.45) is 0 Å². The Balaban J connectivity index is 1.92. The fourth-order valence-corrected chi connectivity index (χ4v) is 4.66. The summed E-state index contributed by atoms with van der Waals surface area (Å²) in [4.78, 5) is 12.5. The normalized spacial score (nSPS) is 15.2. The van der Waals surface area contributed by atoms with Crippen molar-refractivity contribution < 1.29 is 27.1 Å². The lowest BCUT2D eigenvalue weighted by Gasteiger charge is -2.26. The monoisotopic (exact) mass is 472 g/mol. The molecule has 3 rings (SSSR count). The highest BCUT2D eigenvalue weighted by Gasteiger charge is 2.27. The van der Waals surface area contributed by atoms with E-state index in [-0.39, 0.29) is 35.0 Å². The van der Waals surface area contributed by atoms with E-state index in [1.807, 2.05) is 0 Å². The first-order chi connectivity index (χ1) is 13.3. The van der Waals surface area contributed by atoms with E-state index in [0.29, 0.717) is 17.7 Å². The molecule has 0 bridgehead atoms. The highest BCUT2D eigenvalue weighted by atomic mass is 79.9. The smallest absolute Gasteiger partial charge is 0.255 e. The van der Waals surface area contributed by atoms with Crippen LogP contribution >= 0.6 is 15.9 Å².